The molecule has 2 aliphatic rings. The van der Waals surface area contributed by atoms with Crippen molar-refractivity contribution in [2.24, 2.45) is 11.8 Å². The van der Waals surface area contributed by atoms with Crippen LogP contribution in [0.3, 0.4) is 0 Å². The zero-order valence-corrected chi connectivity index (χ0v) is 14.9. The molecule has 2 saturated heterocycles. The van der Waals surface area contributed by atoms with E-state index in [0.29, 0.717) is 11.7 Å². The molecule has 0 bridgehead atoms. The third-order valence-electron chi connectivity index (χ3n) is 5.15. The van der Waals surface area contributed by atoms with Gasteiger partial charge >= 0.3 is 0 Å². The van der Waals surface area contributed by atoms with Gasteiger partial charge in [0.05, 0.1) is 5.75 Å². The third-order valence-corrected chi connectivity index (χ3v) is 7.11. The van der Waals surface area contributed by atoms with Crippen LogP contribution < -0.4 is 5.32 Å². The van der Waals surface area contributed by atoms with Crippen LogP contribution in [-0.4, -0.2) is 44.7 Å². The molecule has 0 unspecified atom stereocenters. The molecule has 0 spiro atoms. The lowest BCUT2D eigenvalue weighted by molar-refractivity contribution is 0.262. The van der Waals surface area contributed by atoms with Crippen molar-refractivity contribution >= 4 is 10.0 Å². The maximum Gasteiger partial charge on any atom is 0.214 e. The van der Waals surface area contributed by atoms with Crippen molar-refractivity contribution in [2.45, 2.75) is 58.3 Å². The van der Waals surface area contributed by atoms with E-state index in [9.17, 15) is 8.42 Å². The maximum absolute atomic E-state index is 12.4. The molecule has 2 heterocycles. The zero-order chi connectivity index (χ0) is 15.8. The molecule has 1 N–H and O–H groups in total. The summed E-state index contributed by atoms with van der Waals surface area (Å²) >= 11 is 0. The number of hydrogen-bond acceptors (Lipinski definition) is 3. The van der Waals surface area contributed by atoms with Gasteiger partial charge in [0, 0.05) is 13.1 Å². The largest absolute Gasteiger partial charge is 0.317 e. The molecular formula is C17H33N2O2S. The van der Waals surface area contributed by atoms with Gasteiger partial charge in [-0.1, -0.05) is 19.8 Å². The molecule has 0 atom stereocenters. The molecule has 5 heteroatoms. The summed E-state index contributed by atoms with van der Waals surface area (Å²) in [6.45, 7) is 5.90. The highest BCUT2D eigenvalue weighted by molar-refractivity contribution is 7.89. The van der Waals surface area contributed by atoms with Gasteiger partial charge in [0.2, 0.25) is 10.0 Å². The van der Waals surface area contributed by atoms with E-state index in [-0.39, 0.29) is 0 Å². The second-order valence-corrected chi connectivity index (χ2v) is 9.00. The highest BCUT2D eigenvalue weighted by Gasteiger charge is 2.27. The van der Waals surface area contributed by atoms with Crippen LogP contribution >= 0.6 is 0 Å². The van der Waals surface area contributed by atoms with E-state index in [1.54, 1.807) is 4.31 Å². The molecule has 0 aromatic carbocycles. The maximum atomic E-state index is 12.4. The molecule has 2 fully saturated rings. The van der Waals surface area contributed by atoms with Crippen molar-refractivity contribution in [3.8, 4) is 0 Å². The first-order chi connectivity index (χ1) is 10.6. The average molecular weight is 330 g/mol. The minimum Gasteiger partial charge on any atom is -0.317 e. The Morgan fingerprint density at radius 2 is 1.82 bits per heavy atom. The van der Waals surface area contributed by atoms with E-state index in [0.717, 1.165) is 57.8 Å². The molecule has 0 saturated carbocycles. The van der Waals surface area contributed by atoms with Gasteiger partial charge in [-0.2, -0.15) is 0 Å². The SMILES string of the molecule is CCCC1CCN(S(=O)(=O)CCC[CH]C2CCNCC2)CC1. The second kappa shape index (κ2) is 9.24. The molecule has 129 valence electrons. The van der Waals surface area contributed by atoms with Gasteiger partial charge in [-0.15, -0.1) is 0 Å². The first kappa shape index (κ1) is 18.2. The molecular weight excluding hydrogens is 296 g/mol. The van der Waals surface area contributed by atoms with E-state index >= 15 is 0 Å². The summed E-state index contributed by atoms with van der Waals surface area (Å²) in [5.41, 5.74) is 0. The van der Waals surface area contributed by atoms with Gasteiger partial charge in [0.25, 0.3) is 0 Å². The minimum absolute atomic E-state index is 0.326. The number of nitrogens with zero attached hydrogens (tertiary/aromatic N) is 1. The summed E-state index contributed by atoms with van der Waals surface area (Å²) in [7, 11) is -3.02. The van der Waals surface area contributed by atoms with Crippen molar-refractivity contribution in [3.05, 3.63) is 6.42 Å². The van der Waals surface area contributed by atoms with E-state index in [4.69, 9.17) is 0 Å². The summed E-state index contributed by atoms with van der Waals surface area (Å²) in [6.07, 6.45) is 11.0. The normalized spacial score (nSPS) is 23.0. The van der Waals surface area contributed by atoms with Crippen LogP contribution in [-0.2, 0) is 10.0 Å². The number of piperidine rings is 2. The van der Waals surface area contributed by atoms with Crippen LogP contribution in [0.25, 0.3) is 0 Å². The van der Waals surface area contributed by atoms with Crippen molar-refractivity contribution in [2.75, 3.05) is 31.9 Å². The topological polar surface area (TPSA) is 49.4 Å². The highest BCUT2D eigenvalue weighted by Crippen LogP contribution is 2.24. The smallest absolute Gasteiger partial charge is 0.214 e. The lowest BCUT2D eigenvalue weighted by Gasteiger charge is -2.31. The summed E-state index contributed by atoms with van der Waals surface area (Å²) in [4.78, 5) is 0. The van der Waals surface area contributed by atoms with Crippen LogP contribution in [0.1, 0.15) is 58.3 Å². The molecule has 0 amide bonds. The van der Waals surface area contributed by atoms with Crippen LogP contribution in [0.4, 0.5) is 0 Å². The van der Waals surface area contributed by atoms with Gasteiger partial charge in [0.1, 0.15) is 0 Å². The fraction of sp³-hybridized carbons (Fsp3) is 0.941. The van der Waals surface area contributed by atoms with Gasteiger partial charge in [-0.25, -0.2) is 12.7 Å². The fourth-order valence-electron chi connectivity index (χ4n) is 3.71. The molecule has 2 rings (SSSR count). The van der Waals surface area contributed by atoms with E-state index in [1.165, 1.54) is 25.7 Å². The van der Waals surface area contributed by atoms with E-state index in [1.807, 2.05) is 0 Å². The monoisotopic (exact) mass is 329 g/mol. The number of unbranched alkanes of at least 4 members (excludes halogenated alkanes) is 1. The Bertz CT molecular complexity index is 397. The predicted molar refractivity (Wildman–Crippen MR) is 92.1 cm³/mol. The quantitative estimate of drug-likeness (QED) is 0.697. The number of nitrogens with one attached hydrogen (secondary N) is 1. The lowest BCUT2D eigenvalue weighted by atomic mass is 9.93. The Morgan fingerprint density at radius 3 is 2.45 bits per heavy atom. The highest BCUT2D eigenvalue weighted by atomic mass is 32.2. The van der Waals surface area contributed by atoms with Crippen molar-refractivity contribution in [1.29, 1.82) is 0 Å². The Morgan fingerprint density at radius 1 is 1.14 bits per heavy atom. The molecule has 4 nitrogen and oxygen atoms in total. The molecule has 2 aliphatic heterocycles. The van der Waals surface area contributed by atoms with Gasteiger partial charge in [-0.3, -0.25) is 0 Å². The molecule has 0 aliphatic carbocycles. The second-order valence-electron chi connectivity index (χ2n) is 6.91. The number of rotatable bonds is 8. The first-order valence-corrected chi connectivity index (χ1v) is 10.7. The summed E-state index contributed by atoms with van der Waals surface area (Å²) in [5, 5.41) is 3.36. The molecule has 1 radical (unpaired) electrons. The van der Waals surface area contributed by atoms with Crippen LogP contribution in [0.15, 0.2) is 0 Å². The van der Waals surface area contributed by atoms with Crippen molar-refractivity contribution in [3.63, 3.8) is 0 Å². The lowest BCUT2D eigenvalue weighted by Crippen LogP contribution is -2.39. The Labute approximate surface area is 137 Å². The summed E-state index contributed by atoms with van der Waals surface area (Å²) < 4.78 is 26.5. The number of hydrogen-bond donors (Lipinski definition) is 1. The van der Waals surface area contributed by atoms with Crippen LogP contribution in [0, 0.1) is 18.3 Å². The van der Waals surface area contributed by atoms with Gasteiger partial charge < -0.3 is 5.32 Å². The Balaban J connectivity index is 1.63. The summed E-state index contributed by atoms with van der Waals surface area (Å²) in [5.74, 6) is 1.76. The van der Waals surface area contributed by atoms with Gasteiger partial charge in [-0.05, 0) is 69.9 Å². The number of sulfonamides is 1. The fourth-order valence-corrected chi connectivity index (χ4v) is 5.27. The van der Waals surface area contributed by atoms with Crippen molar-refractivity contribution in [1.82, 2.24) is 9.62 Å². The molecule has 0 aromatic rings. The average Bonchev–Trinajstić information content (AvgIpc) is 2.53. The van der Waals surface area contributed by atoms with E-state index in [2.05, 4.69) is 18.7 Å². The van der Waals surface area contributed by atoms with Crippen LogP contribution in [0.2, 0.25) is 0 Å². The first-order valence-electron chi connectivity index (χ1n) is 9.13. The van der Waals surface area contributed by atoms with Gasteiger partial charge in [0.15, 0.2) is 0 Å². The Hall–Kier alpha value is -0.130. The molecule has 22 heavy (non-hydrogen) atoms. The van der Waals surface area contributed by atoms with E-state index < -0.39 is 10.0 Å². The standard InChI is InChI=1S/C17H33N2O2S/c1-2-5-16-9-13-19(14-10-16)22(20,21)15-4-3-6-17-7-11-18-12-8-17/h6,16-18H,2-5,7-15H2,1H3. The Kier molecular flexibility index (Phi) is 7.65. The van der Waals surface area contributed by atoms with Crippen LogP contribution in [0.5, 0.6) is 0 Å². The minimum atomic E-state index is -3.02. The van der Waals surface area contributed by atoms with Crippen molar-refractivity contribution < 1.29 is 8.42 Å². The zero-order valence-electron chi connectivity index (χ0n) is 14.1. The third kappa shape index (κ3) is 5.82. The summed E-state index contributed by atoms with van der Waals surface area (Å²) in [6, 6.07) is 0. The molecule has 0 aromatic heterocycles. The predicted octanol–water partition coefficient (Wildman–Crippen LogP) is 2.81.